The molecule has 0 fully saturated rings. The largest absolute Gasteiger partial charge is 0.476 e. The number of hydrogen-bond donors (Lipinski definition) is 5. The lowest BCUT2D eigenvalue weighted by molar-refractivity contribution is 0.00616. The molecule has 0 aliphatic heterocycles. The van der Waals surface area contributed by atoms with Crippen LogP contribution in [0.1, 0.15) is 115 Å². The van der Waals surface area contributed by atoms with E-state index in [9.17, 15) is 34.5 Å². The van der Waals surface area contributed by atoms with Gasteiger partial charge in [-0.25, -0.2) is 73.8 Å². The number of aromatic carboxylic acids is 1. The molecule has 0 radical (unpaired) electrons. The van der Waals surface area contributed by atoms with E-state index in [0.29, 0.717) is 70.0 Å². The Morgan fingerprint density at radius 3 is 1.07 bits per heavy atom. The zero-order chi connectivity index (χ0) is 93.5. The lowest BCUT2D eigenvalue weighted by Crippen LogP contribution is -2.44. The second kappa shape index (κ2) is 42.5. The standard InChI is InChI=1S/C28H27N7O5.C18H11N7O.C17H15BrN4O3.C12H8BrN5O.C5H4BrN3O2.C5H11NO2/c1-27(2,3)39-25(36)35(26(37)40-28(4,5)6)22-21(24-34-33-23(38-24)17-10-8-7-9-11-17)32-20(16-31-22)19-15-30-13-12-18(19)14-29;19-8-12-6-7-21-9-13(12)14-10-22-16(20)15(23-14)18-25-24-17(26-18)11-4-2-1-3-5-11;1-17(2,3)25-16(23)13-12(20-11(18)9-19-13)15-22-21-14(24-15)10-7-5-4-6-8-10;13-8-6-15-10(14)9(16-8)12-18-17-11(19-12)7-4-2-1-3-5-7;6-2-1-8-4(7)3(9-2)5(10)11;1-5(2,3)8-4(6)7/h7-13,15-16H,1-6H3;1-7,9-10H,(H2,20,22);4-9H,1-3H3;1-6H,(H2,14,15);1H,(H2,7,8)(H,10,11);1-3H3,(H2,6,7). The summed E-state index contributed by atoms with van der Waals surface area (Å²) in [7, 11) is 0. The molecule has 0 atom stereocenters. The van der Waals surface area contributed by atoms with E-state index in [1.165, 1.54) is 55.6 Å². The number of carboxylic acid groups (broad SMARTS) is 1. The van der Waals surface area contributed by atoms with E-state index in [4.69, 9.17) is 59.9 Å². The number of primary amides is 1. The third-order valence-corrected chi connectivity index (χ3v) is 16.6. The van der Waals surface area contributed by atoms with Gasteiger partial charge in [-0.1, -0.05) is 72.8 Å². The normalized spacial score (nSPS) is 10.9. The van der Waals surface area contributed by atoms with Gasteiger partial charge in [-0.3, -0.25) is 9.97 Å². The predicted molar refractivity (Wildman–Crippen MR) is 475 cm³/mol. The Hall–Kier alpha value is -16.1. The number of nitrogen functional groups attached to an aromatic ring is 3. The number of carboxylic acids is 1. The van der Waals surface area contributed by atoms with Crippen LogP contribution in [0.15, 0.2) is 221 Å². The van der Waals surface area contributed by atoms with Gasteiger partial charge < -0.3 is 64.7 Å². The molecule has 129 heavy (non-hydrogen) atoms. The van der Waals surface area contributed by atoms with Crippen molar-refractivity contribution >= 4 is 101 Å². The van der Waals surface area contributed by atoms with Gasteiger partial charge >= 0.3 is 30.2 Å². The molecule has 0 spiro atoms. The number of imide groups is 1. The first kappa shape index (κ1) is 95.1. The smallest absolute Gasteiger partial charge is 0.425 e. The molecule has 41 nitrogen and oxygen atoms in total. The van der Waals surface area contributed by atoms with Gasteiger partial charge in [0.1, 0.15) is 36.2 Å². The van der Waals surface area contributed by atoms with Gasteiger partial charge in [0.25, 0.3) is 23.6 Å². The van der Waals surface area contributed by atoms with Gasteiger partial charge in [0.15, 0.2) is 57.4 Å². The Bertz CT molecular complexity index is 6520. The molecular formula is C85H76Br3N27O14. The van der Waals surface area contributed by atoms with Crippen LogP contribution in [0.25, 0.3) is 115 Å². The number of nitrogens with two attached hydrogens (primary N) is 4. The minimum absolute atomic E-state index is 0.0152. The van der Waals surface area contributed by atoms with Crippen LogP contribution < -0.4 is 27.8 Å². The first-order chi connectivity index (χ1) is 61.2. The minimum atomic E-state index is -1.18. The van der Waals surface area contributed by atoms with Gasteiger partial charge in [-0.15, -0.1) is 40.8 Å². The molecule has 0 aliphatic rings. The zero-order valence-corrected chi connectivity index (χ0v) is 75.1. The number of esters is 1. The molecule has 0 saturated carbocycles. The van der Waals surface area contributed by atoms with Crippen molar-refractivity contribution < 1.29 is 65.7 Å². The highest BCUT2D eigenvalue weighted by Gasteiger charge is 2.38. The van der Waals surface area contributed by atoms with E-state index in [0.717, 1.165) is 16.7 Å². The van der Waals surface area contributed by atoms with E-state index >= 15 is 0 Å². The highest BCUT2D eigenvalue weighted by Crippen LogP contribution is 2.36. The molecule has 3 amide bonds. The van der Waals surface area contributed by atoms with E-state index < -0.39 is 52.6 Å². The fourth-order valence-corrected chi connectivity index (χ4v) is 11.0. The number of benzene rings is 4. The van der Waals surface area contributed by atoms with E-state index in [-0.39, 0.29) is 92.5 Å². The molecule has 15 rings (SSSR count). The van der Waals surface area contributed by atoms with Crippen molar-refractivity contribution in [1.29, 1.82) is 10.5 Å². The molecule has 0 aliphatic carbocycles. The number of ether oxygens (including phenoxy) is 4. The molecule has 9 N–H and O–H groups in total. The number of carbonyl (C=O) groups is 5. The quantitative estimate of drug-likeness (QED) is 0.0528. The summed E-state index contributed by atoms with van der Waals surface area (Å²) >= 11 is 9.44. The summed E-state index contributed by atoms with van der Waals surface area (Å²) in [4.78, 5) is 110. The lowest BCUT2D eigenvalue weighted by Gasteiger charge is -2.28. The van der Waals surface area contributed by atoms with E-state index in [1.807, 2.05) is 109 Å². The fraction of sp³-hybridized carbons (Fsp3) is 0.188. The van der Waals surface area contributed by atoms with E-state index in [1.54, 1.807) is 107 Å². The number of rotatable bonds is 13. The molecule has 44 heteroatoms. The fourth-order valence-electron chi connectivity index (χ4n) is 10.2. The van der Waals surface area contributed by atoms with Crippen LogP contribution in [-0.4, -0.2) is 158 Å². The van der Waals surface area contributed by atoms with Gasteiger partial charge in [0.2, 0.25) is 23.6 Å². The summed E-state index contributed by atoms with van der Waals surface area (Å²) in [6.07, 6.45) is 10.2. The molecule has 4 aromatic carbocycles. The number of amides is 3. The van der Waals surface area contributed by atoms with Crippen LogP contribution in [0.5, 0.6) is 0 Å². The van der Waals surface area contributed by atoms with Crippen LogP contribution in [0.3, 0.4) is 0 Å². The zero-order valence-electron chi connectivity index (χ0n) is 70.4. The van der Waals surface area contributed by atoms with Crippen molar-refractivity contribution in [3.8, 4) is 127 Å². The second-order valence-electron chi connectivity index (χ2n) is 30.0. The maximum atomic E-state index is 13.4. The molecule has 0 saturated heterocycles. The molecule has 15 aromatic rings. The summed E-state index contributed by atoms with van der Waals surface area (Å²) < 4.78 is 45.2. The molecule has 11 heterocycles. The van der Waals surface area contributed by atoms with Crippen molar-refractivity contribution in [1.82, 2.24) is 101 Å². The number of pyridine rings is 2. The van der Waals surface area contributed by atoms with Crippen LogP contribution >= 0.6 is 47.8 Å². The maximum absolute atomic E-state index is 13.4. The van der Waals surface area contributed by atoms with Crippen molar-refractivity contribution in [2.75, 3.05) is 22.1 Å². The van der Waals surface area contributed by atoms with Crippen LogP contribution in [0, 0.1) is 22.7 Å². The maximum Gasteiger partial charge on any atom is 0.425 e. The molecule has 0 unspecified atom stereocenters. The number of aromatic nitrogens is 20. The van der Waals surface area contributed by atoms with Gasteiger partial charge in [0, 0.05) is 58.2 Å². The Kier molecular flexibility index (Phi) is 31.4. The van der Waals surface area contributed by atoms with Crippen molar-refractivity contribution in [2.24, 2.45) is 5.73 Å². The number of hydrogen-bond acceptors (Lipinski definition) is 38. The number of anilines is 4. The van der Waals surface area contributed by atoms with Crippen molar-refractivity contribution in [3.63, 3.8) is 0 Å². The van der Waals surface area contributed by atoms with Gasteiger partial charge in [-0.2, -0.15) is 15.4 Å². The van der Waals surface area contributed by atoms with Gasteiger partial charge in [0.05, 0.1) is 65.6 Å². The summed E-state index contributed by atoms with van der Waals surface area (Å²) in [5, 5.41) is 59.6. The third kappa shape index (κ3) is 27.2. The SMILES string of the molecule is CC(C)(C)OC(=O)N(C(=O)OC(C)(C)C)c1ncc(-c2cnccc2C#N)nc1-c1nnc(-c2ccccc2)o1.CC(C)(C)OC(=O)c1ncc(Br)nc1-c1nnc(-c2ccccc2)o1.CC(C)(C)OC(N)=O.N#Cc1ccncc1-c1cnc(N)c(-c2nnc(-c3ccccc3)o2)n1.Nc1ncc(Br)nc1-c1nnc(-c2ccccc2)o1.Nc1ncc(Br)nc1C(=O)O. The van der Waals surface area contributed by atoms with Crippen molar-refractivity contribution in [3.05, 3.63) is 226 Å². The first-order valence-corrected chi connectivity index (χ1v) is 40.2. The number of nitrogens with zero attached hydrogens (tertiary/aromatic N) is 23. The number of nitriles is 2. The molecular weight excluding hydrogens is 1860 g/mol. The molecule has 11 aromatic heterocycles. The second-order valence-corrected chi connectivity index (χ2v) is 32.4. The van der Waals surface area contributed by atoms with Crippen LogP contribution in [0.2, 0.25) is 0 Å². The molecule has 0 bridgehead atoms. The summed E-state index contributed by atoms with van der Waals surface area (Å²) in [5.41, 5.74) is 24.4. The monoisotopic (exact) mass is 1940 g/mol. The van der Waals surface area contributed by atoms with Crippen LogP contribution in [0.4, 0.5) is 37.7 Å². The van der Waals surface area contributed by atoms with Gasteiger partial charge in [-0.05, 0) is 192 Å². The first-order valence-electron chi connectivity index (χ1n) is 37.8. The average Bonchev–Trinajstić information content (AvgIpc) is 1.77. The Morgan fingerprint density at radius 1 is 0.380 bits per heavy atom. The van der Waals surface area contributed by atoms with Crippen LogP contribution in [-0.2, 0) is 18.9 Å². The Morgan fingerprint density at radius 2 is 0.705 bits per heavy atom. The van der Waals surface area contributed by atoms with E-state index in [2.05, 4.69) is 165 Å². The summed E-state index contributed by atoms with van der Waals surface area (Å²) in [5.74, 6) is -0.133. The third-order valence-electron chi connectivity index (χ3n) is 15.4. The summed E-state index contributed by atoms with van der Waals surface area (Å²) in [6.45, 7) is 20.5. The average molecular weight is 1940 g/mol. The predicted octanol–water partition coefficient (Wildman–Crippen LogP) is 16.4. The highest BCUT2D eigenvalue weighted by atomic mass is 79.9. The number of carbonyl (C=O) groups excluding carboxylic acids is 4. The minimum Gasteiger partial charge on any atom is -0.476 e. The summed E-state index contributed by atoms with van der Waals surface area (Å²) in [6, 6.07) is 44.5. The highest BCUT2D eigenvalue weighted by molar-refractivity contribution is 9.11. The van der Waals surface area contributed by atoms with Crippen molar-refractivity contribution in [2.45, 2.75) is 105 Å². The lowest BCUT2D eigenvalue weighted by atomic mass is 10.1. The molecule has 656 valence electrons. The Balaban J connectivity index is 0.000000171. The topological polar surface area (TPSA) is 608 Å². The Labute approximate surface area is 759 Å². The number of halogens is 3.